The Morgan fingerprint density at radius 2 is 1.87 bits per heavy atom. The van der Waals surface area contributed by atoms with Crippen LogP contribution in [0, 0.1) is 13.8 Å². The maximum Gasteiger partial charge on any atom is 0.338 e. The van der Waals surface area contributed by atoms with E-state index < -0.39 is 5.97 Å². The van der Waals surface area contributed by atoms with Gasteiger partial charge >= 0.3 is 5.97 Å². The minimum atomic E-state index is -0.403. The average Bonchev–Trinajstić information content (AvgIpc) is 2.56. The van der Waals surface area contributed by atoms with E-state index in [1.54, 1.807) is 6.07 Å². The second-order valence-electron chi connectivity index (χ2n) is 6.08. The minimum Gasteiger partial charge on any atom is -0.465 e. The number of hydrogen-bond acceptors (Lipinski definition) is 4. The molecular formula is C18H25NO4. The van der Waals surface area contributed by atoms with E-state index in [1.807, 2.05) is 19.9 Å². The van der Waals surface area contributed by atoms with Crippen molar-refractivity contribution in [2.75, 3.05) is 19.0 Å². The molecule has 0 aromatic heterocycles. The van der Waals surface area contributed by atoms with Gasteiger partial charge in [-0.15, -0.1) is 0 Å². The number of carbonyl (C=O) groups is 2. The Balaban J connectivity index is 1.97. The third kappa shape index (κ3) is 4.79. The molecule has 0 atom stereocenters. The molecule has 1 fully saturated rings. The highest BCUT2D eigenvalue weighted by Gasteiger charge is 2.16. The van der Waals surface area contributed by atoms with Crippen LogP contribution in [0.4, 0.5) is 5.69 Å². The average molecular weight is 319 g/mol. The first-order valence-corrected chi connectivity index (χ1v) is 8.12. The van der Waals surface area contributed by atoms with Crippen molar-refractivity contribution < 1.29 is 19.1 Å². The van der Waals surface area contributed by atoms with E-state index >= 15 is 0 Å². The van der Waals surface area contributed by atoms with Crippen molar-refractivity contribution in [2.45, 2.75) is 52.1 Å². The predicted octanol–water partition coefficient (Wildman–Crippen LogP) is 3.38. The van der Waals surface area contributed by atoms with Crippen LogP contribution < -0.4 is 5.32 Å². The highest BCUT2D eigenvalue weighted by molar-refractivity contribution is 5.96. The number of benzene rings is 1. The van der Waals surface area contributed by atoms with Crippen LogP contribution in [0.1, 0.15) is 53.6 Å². The number of nitrogens with one attached hydrogen (secondary N) is 1. The molecule has 0 saturated heterocycles. The number of ether oxygens (including phenoxy) is 2. The molecule has 1 aromatic carbocycles. The predicted molar refractivity (Wildman–Crippen MR) is 88.7 cm³/mol. The zero-order chi connectivity index (χ0) is 16.8. The second kappa shape index (κ2) is 8.11. The van der Waals surface area contributed by atoms with Crippen LogP contribution in [-0.4, -0.2) is 31.7 Å². The molecular weight excluding hydrogens is 294 g/mol. The molecule has 23 heavy (non-hydrogen) atoms. The molecule has 1 aliphatic rings. The summed E-state index contributed by atoms with van der Waals surface area (Å²) >= 11 is 0. The standard InChI is InChI=1S/C18H25NO4/c1-12-9-14(10-16(13(12)2)18(21)22-3)19-17(20)11-23-15-7-5-4-6-8-15/h9-10,15H,4-8,11H2,1-3H3,(H,19,20). The van der Waals surface area contributed by atoms with Crippen LogP contribution in [0.5, 0.6) is 0 Å². The van der Waals surface area contributed by atoms with Gasteiger partial charge in [0.1, 0.15) is 6.61 Å². The normalized spacial score (nSPS) is 15.3. The molecule has 2 rings (SSSR count). The largest absolute Gasteiger partial charge is 0.465 e. The summed E-state index contributed by atoms with van der Waals surface area (Å²) in [5, 5.41) is 2.80. The zero-order valence-corrected chi connectivity index (χ0v) is 14.1. The van der Waals surface area contributed by atoms with Crippen molar-refractivity contribution in [3.05, 3.63) is 28.8 Å². The summed E-state index contributed by atoms with van der Waals surface area (Å²) in [6.45, 7) is 3.81. The molecule has 0 heterocycles. The van der Waals surface area contributed by atoms with Crippen molar-refractivity contribution in [3.63, 3.8) is 0 Å². The van der Waals surface area contributed by atoms with Crippen molar-refractivity contribution in [1.82, 2.24) is 0 Å². The summed E-state index contributed by atoms with van der Waals surface area (Å²) in [5.41, 5.74) is 2.84. The molecule has 1 N–H and O–H groups in total. The van der Waals surface area contributed by atoms with Crippen molar-refractivity contribution in [2.24, 2.45) is 0 Å². The van der Waals surface area contributed by atoms with Gasteiger partial charge in [-0.1, -0.05) is 19.3 Å². The maximum atomic E-state index is 12.0. The van der Waals surface area contributed by atoms with Crippen molar-refractivity contribution in [1.29, 1.82) is 0 Å². The van der Waals surface area contributed by atoms with Crippen LogP contribution in [-0.2, 0) is 14.3 Å². The lowest BCUT2D eigenvalue weighted by Gasteiger charge is -2.21. The molecule has 1 amide bonds. The lowest BCUT2D eigenvalue weighted by molar-refractivity contribution is -0.123. The van der Waals surface area contributed by atoms with E-state index in [2.05, 4.69) is 5.32 Å². The van der Waals surface area contributed by atoms with Crippen molar-refractivity contribution in [3.8, 4) is 0 Å². The first-order chi connectivity index (χ1) is 11.0. The summed E-state index contributed by atoms with van der Waals surface area (Å²) in [5.74, 6) is -0.602. The van der Waals surface area contributed by atoms with Gasteiger partial charge in [0.25, 0.3) is 0 Å². The smallest absolute Gasteiger partial charge is 0.338 e. The SMILES string of the molecule is COC(=O)c1cc(NC(=O)COC2CCCCC2)cc(C)c1C. The van der Waals surface area contributed by atoms with E-state index in [0.717, 1.165) is 24.0 Å². The van der Waals surface area contributed by atoms with Crippen molar-refractivity contribution >= 4 is 17.6 Å². The second-order valence-corrected chi connectivity index (χ2v) is 6.08. The number of anilines is 1. The van der Waals surface area contributed by atoms with E-state index in [-0.39, 0.29) is 18.6 Å². The molecule has 0 unspecified atom stereocenters. The Hall–Kier alpha value is -1.88. The Kier molecular flexibility index (Phi) is 6.16. The van der Waals surface area contributed by atoms with Gasteiger partial charge in [-0.2, -0.15) is 0 Å². The van der Waals surface area contributed by atoms with Gasteiger partial charge in [0, 0.05) is 5.69 Å². The molecule has 5 nitrogen and oxygen atoms in total. The molecule has 0 spiro atoms. The van der Waals surface area contributed by atoms with Gasteiger partial charge < -0.3 is 14.8 Å². The highest BCUT2D eigenvalue weighted by atomic mass is 16.5. The molecule has 126 valence electrons. The third-order valence-corrected chi connectivity index (χ3v) is 4.36. The fraction of sp³-hybridized carbons (Fsp3) is 0.556. The Labute approximate surface area is 137 Å². The number of amides is 1. The maximum absolute atomic E-state index is 12.0. The summed E-state index contributed by atoms with van der Waals surface area (Å²) in [6, 6.07) is 3.49. The summed E-state index contributed by atoms with van der Waals surface area (Å²) in [4.78, 5) is 23.8. The number of carbonyl (C=O) groups excluding carboxylic acids is 2. The Morgan fingerprint density at radius 1 is 1.17 bits per heavy atom. The number of methoxy groups -OCH3 is 1. The van der Waals surface area contributed by atoms with Crippen LogP contribution in [0.3, 0.4) is 0 Å². The van der Waals surface area contributed by atoms with Gasteiger partial charge in [0.05, 0.1) is 18.8 Å². The summed E-state index contributed by atoms with van der Waals surface area (Å²) < 4.78 is 10.4. The van der Waals surface area contributed by atoms with E-state index in [4.69, 9.17) is 9.47 Å². The first-order valence-electron chi connectivity index (χ1n) is 8.12. The molecule has 0 aliphatic heterocycles. The highest BCUT2D eigenvalue weighted by Crippen LogP contribution is 2.22. The van der Waals surface area contributed by atoms with Crippen LogP contribution in [0.2, 0.25) is 0 Å². The van der Waals surface area contributed by atoms with E-state index in [0.29, 0.717) is 11.3 Å². The molecule has 1 aliphatic carbocycles. The number of esters is 1. The molecule has 1 saturated carbocycles. The quantitative estimate of drug-likeness (QED) is 0.845. The Morgan fingerprint density at radius 3 is 2.52 bits per heavy atom. The first kappa shape index (κ1) is 17.5. The fourth-order valence-electron chi connectivity index (χ4n) is 2.88. The van der Waals surface area contributed by atoms with E-state index in [9.17, 15) is 9.59 Å². The number of aryl methyl sites for hydroxylation is 1. The van der Waals surface area contributed by atoms with Crippen LogP contribution >= 0.6 is 0 Å². The molecule has 0 radical (unpaired) electrons. The topological polar surface area (TPSA) is 64.6 Å². The third-order valence-electron chi connectivity index (χ3n) is 4.36. The summed E-state index contributed by atoms with van der Waals surface area (Å²) in [7, 11) is 1.35. The lowest BCUT2D eigenvalue weighted by atomic mass is 9.98. The van der Waals surface area contributed by atoms with Gasteiger partial charge in [-0.25, -0.2) is 4.79 Å². The van der Waals surface area contributed by atoms with Crippen LogP contribution in [0.15, 0.2) is 12.1 Å². The number of hydrogen-bond donors (Lipinski definition) is 1. The Bertz CT molecular complexity index is 577. The number of rotatable bonds is 5. The lowest BCUT2D eigenvalue weighted by Crippen LogP contribution is -2.25. The zero-order valence-electron chi connectivity index (χ0n) is 14.1. The molecule has 1 aromatic rings. The minimum absolute atomic E-state index is 0.0468. The fourth-order valence-corrected chi connectivity index (χ4v) is 2.88. The van der Waals surface area contributed by atoms with Gasteiger partial charge in [0.15, 0.2) is 0 Å². The summed E-state index contributed by atoms with van der Waals surface area (Å²) in [6.07, 6.45) is 5.86. The monoisotopic (exact) mass is 319 g/mol. The molecule has 5 heteroatoms. The van der Waals surface area contributed by atoms with Crippen LogP contribution in [0.25, 0.3) is 0 Å². The van der Waals surface area contributed by atoms with E-state index in [1.165, 1.54) is 26.4 Å². The van der Waals surface area contributed by atoms with Gasteiger partial charge in [0.2, 0.25) is 5.91 Å². The van der Waals surface area contributed by atoms with Gasteiger partial charge in [-0.05, 0) is 49.9 Å². The van der Waals surface area contributed by atoms with Gasteiger partial charge in [-0.3, -0.25) is 4.79 Å². The molecule has 0 bridgehead atoms.